The van der Waals surface area contributed by atoms with Gasteiger partial charge in [-0.15, -0.1) is 0 Å². The van der Waals surface area contributed by atoms with Gasteiger partial charge < -0.3 is 58.7 Å². The van der Waals surface area contributed by atoms with Crippen molar-refractivity contribution in [3.8, 4) is 0 Å². The largest absolute Gasteiger partial charge is 0.462 e. The maximum atomic E-state index is 13.5. The number of aromatic nitrogens is 1. The van der Waals surface area contributed by atoms with Gasteiger partial charge in [0.1, 0.15) is 30.0 Å². The van der Waals surface area contributed by atoms with Gasteiger partial charge in [-0.05, 0) is 90.7 Å². The molecule has 16 heteroatoms. The maximum absolute atomic E-state index is 13.5. The molecule has 0 unspecified atom stereocenters. The zero-order chi connectivity index (χ0) is 45.7. The molecule has 0 spiro atoms. The number of carbonyl (C=O) groups is 3. The molecule has 2 fully saturated rings. The van der Waals surface area contributed by atoms with E-state index in [9.17, 15) is 29.7 Å². The van der Waals surface area contributed by atoms with Gasteiger partial charge in [0, 0.05) is 51.2 Å². The molecule has 4 heterocycles. The van der Waals surface area contributed by atoms with Crippen molar-refractivity contribution in [1.29, 1.82) is 0 Å². The SMILES string of the molecule is CO[C@@H]1[C@@H](O[C@@H]2O[C@H](C)[C@@H](O[C@H]3C[C@@](C)(O)[C@@H](OC(=O)CC(C)C)[C@H](C)O3)[C@H](N(C)C)[C@H]2O)[C@@H](CCNCc2cccnc2)C[C@@H](C)C(=O)C=CC=CC[C@@H](C)OC(=O)C[C@@H]1O. The minimum atomic E-state index is -1.48. The predicted octanol–water partition coefficient (Wildman–Crippen LogP) is 3.64. The van der Waals surface area contributed by atoms with Crippen LogP contribution in [0.4, 0.5) is 0 Å². The normalized spacial score (nSPS) is 36.8. The van der Waals surface area contributed by atoms with Crippen LogP contribution in [0, 0.1) is 17.8 Å². The van der Waals surface area contributed by atoms with Crippen molar-refractivity contribution in [2.75, 3.05) is 27.7 Å². The van der Waals surface area contributed by atoms with Gasteiger partial charge in [-0.2, -0.15) is 0 Å². The quantitative estimate of drug-likeness (QED) is 0.156. The minimum Gasteiger partial charge on any atom is -0.462 e. The number of carbonyl (C=O) groups excluding carboxylic acids is 3. The second-order valence-electron chi connectivity index (χ2n) is 18.1. The van der Waals surface area contributed by atoms with Crippen molar-refractivity contribution in [3.05, 3.63) is 54.4 Å². The molecule has 350 valence electrons. The van der Waals surface area contributed by atoms with E-state index in [1.165, 1.54) is 13.2 Å². The number of nitrogens with zero attached hydrogens (tertiary/aromatic N) is 2. The van der Waals surface area contributed by atoms with Crippen LogP contribution in [0.15, 0.2) is 48.8 Å². The van der Waals surface area contributed by atoms with Gasteiger partial charge in [0.15, 0.2) is 24.5 Å². The smallest absolute Gasteiger partial charge is 0.308 e. The predicted molar refractivity (Wildman–Crippen MR) is 229 cm³/mol. The number of ketones is 1. The Labute approximate surface area is 367 Å². The lowest BCUT2D eigenvalue weighted by Gasteiger charge is -2.50. The Balaban J connectivity index is 1.63. The van der Waals surface area contributed by atoms with Gasteiger partial charge in [0.25, 0.3) is 0 Å². The molecule has 2 saturated heterocycles. The summed E-state index contributed by atoms with van der Waals surface area (Å²) in [5, 5.41) is 38.9. The van der Waals surface area contributed by atoms with Crippen molar-refractivity contribution in [2.45, 2.75) is 173 Å². The second kappa shape index (κ2) is 24.2. The fourth-order valence-electron chi connectivity index (χ4n) is 8.63. The van der Waals surface area contributed by atoms with Crippen LogP contribution in [0.3, 0.4) is 0 Å². The molecule has 1 aromatic heterocycles. The third kappa shape index (κ3) is 15.0. The summed E-state index contributed by atoms with van der Waals surface area (Å²) in [6.45, 7) is 13.5. The van der Waals surface area contributed by atoms with Crippen LogP contribution in [0.5, 0.6) is 0 Å². The minimum absolute atomic E-state index is 0.0219. The third-order valence-corrected chi connectivity index (χ3v) is 11.8. The van der Waals surface area contributed by atoms with Crippen molar-refractivity contribution >= 4 is 17.7 Å². The Morgan fingerprint density at radius 1 is 1.05 bits per heavy atom. The Hall–Kier alpha value is -3.16. The molecular formula is C46H73N3O13. The molecule has 1 aromatic rings. The summed E-state index contributed by atoms with van der Waals surface area (Å²) in [5.41, 5.74) is -0.498. The number of hydrogen-bond acceptors (Lipinski definition) is 16. The first-order valence-corrected chi connectivity index (χ1v) is 22.1. The molecule has 3 aliphatic rings. The van der Waals surface area contributed by atoms with Gasteiger partial charge in [-0.1, -0.05) is 45.1 Å². The average Bonchev–Trinajstić information content (AvgIpc) is 3.18. The lowest BCUT2D eigenvalue weighted by atomic mass is 9.82. The van der Waals surface area contributed by atoms with Crippen LogP contribution in [0.2, 0.25) is 0 Å². The standard InChI is InChI=1S/C46H73N3O13/c1-27(2)21-36(52)60-44-31(6)58-38(24-46(44,7)55)61-41-30(5)59-45(40(54)39(41)49(8)9)62-42-33(18-20-48-26-32-16-14-19-47-25-32)22-28(3)34(50)17-13-11-12-15-29(4)57-37(53)23-35(51)43(42)56-10/h11-14,16-17,19,25,27-31,33,35,38-45,48,51,54-55H,15,18,20-24,26H2,1-10H3/t28-,29-,30-,31+,33+,35+,38+,39-,40-,41-,42+,43+,44+,45+,46-/m1/s1. The van der Waals surface area contributed by atoms with E-state index in [-0.39, 0.29) is 24.5 Å². The summed E-state index contributed by atoms with van der Waals surface area (Å²) >= 11 is 0. The molecule has 0 bridgehead atoms. The van der Waals surface area contributed by atoms with Crippen LogP contribution in [-0.4, -0.2) is 150 Å². The number of allylic oxidation sites excluding steroid dienone is 3. The molecule has 4 N–H and O–H groups in total. The van der Waals surface area contributed by atoms with Gasteiger partial charge in [0.2, 0.25) is 0 Å². The molecule has 0 radical (unpaired) electrons. The van der Waals surface area contributed by atoms with Crippen LogP contribution < -0.4 is 5.32 Å². The molecule has 0 aliphatic carbocycles. The summed E-state index contributed by atoms with van der Waals surface area (Å²) in [6, 6.07) is 3.09. The molecule has 0 saturated carbocycles. The van der Waals surface area contributed by atoms with E-state index >= 15 is 0 Å². The van der Waals surface area contributed by atoms with Gasteiger partial charge in [-0.3, -0.25) is 19.4 Å². The van der Waals surface area contributed by atoms with E-state index in [1.807, 2.05) is 39.0 Å². The van der Waals surface area contributed by atoms with E-state index in [0.29, 0.717) is 32.4 Å². The molecular weight excluding hydrogens is 803 g/mol. The van der Waals surface area contributed by atoms with E-state index in [1.54, 1.807) is 71.2 Å². The fraction of sp³-hybridized carbons (Fsp3) is 0.739. The Morgan fingerprint density at radius 3 is 2.44 bits per heavy atom. The number of methoxy groups -OCH3 is 1. The highest BCUT2D eigenvalue weighted by Gasteiger charge is 2.52. The summed E-state index contributed by atoms with van der Waals surface area (Å²) < 4.78 is 43.3. The molecule has 3 aliphatic heterocycles. The van der Waals surface area contributed by atoms with Crippen LogP contribution in [-0.2, 0) is 54.1 Å². The van der Waals surface area contributed by atoms with Crippen LogP contribution >= 0.6 is 0 Å². The van der Waals surface area contributed by atoms with Gasteiger partial charge in [0.05, 0.1) is 36.9 Å². The topological polar surface area (TPSA) is 205 Å². The number of ether oxygens (including phenoxy) is 7. The number of cyclic esters (lactones) is 1. The summed E-state index contributed by atoms with van der Waals surface area (Å²) in [4.78, 5) is 45.2. The Bertz CT molecular complexity index is 1610. The molecule has 0 amide bonds. The number of aliphatic hydroxyl groups is 3. The molecule has 62 heavy (non-hydrogen) atoms. The van der Waals surface area contributed by atoms with Crippen LogP contribution in [0.25, 0.3) is 0 Å². The van der Waals surface area contributed by atoms with Crippen molar-refractivity contribution in [3.63, 3.8) is 0 Å². The third-order valence-electron chi connectivity index (χ3n) is 11.8. The average molecular weight is 876 g/mol. The molecule has 0 aromatic carbocycles. The van der Waals surface area contributed by atoms with E-state index in [4.69, 9.17) is 33.2 Å². The number of aliphatic hydroxyl groups excluding tert-OH is 2. The first-order chi connectivity index (χ1) is 29.3. The molecule has 16 nitrogen and oxygen atoms in total. The van der Waals surface area contributed by atoms with E-state index in [0.717, 1.165) is 5.56 Å². The highest BCUT2D eigenvalue weighted by Crippen LogP contribution is 2.37. The number of nitrogens with one attached hydrogen (secondary N) is 1. The van der Waals surface area contributed by atoms with Crippen LogP contribution in [0.1, 0.15) is 92.6 Å². The monoisotopic (exact) mass is 876 g/mol. The second-order valence-corrected chi connectivity index (χ2v) is 18.1. The van der Waals surface area contributed by atoms with Gasteiger partial charge >= 0.3 is 11.9 Å². The fourth-order valence-corrected chi connectivity index (χ4v) is 8.63. The highest BCUT2D eigenvalue weighted by atomic mass is 16.7. The lowest BCUT2D eigenvalue weighted by Crippen LogP contribution is -2.66. The maximum Gasteiger partial charge on any atom is 0.308 e. The summed E-state index contributed by atoms with van der Waals surface area (Å²) in [6.07, 6.45) is 0.482. The molecule has 4 rings (SSSR count). The first-order valence-electron chi connectivity index (χ1n) is 22.1. The number of likely N-dealkylation sites (N-methyl/N-ethyl adjacent to an activating group) is 1. The Kier molecular flexibility index (Phi) is 20.1. The van der Waals surface area contributed by atoms with Gasteiger partial charge in [-0.25, -0.2) is 0 Å². The zero-order valence-corrected chi connectivity index (χ0v) is 38.3. The van der Waals surface area contributed by atoms with Crippen molar-refractivity contribution in [1.82, 2.24) is 15.2 Å². The van der Waals surface area contributed by atoms with E-state index in [2.05, 4.69) is 10.3 Å². The molecule has 15 atom stereocenters. The van der Waals surface area contributed by atoms with E-state index < -0.39 is 109 Å². The summed E-state index contributed by atoms with van der Waals surface area (Å²) in [7, 11) is 4.99. The number of hydrogen-bond donors (Lipinski definition) is 4. The number of rotatable bonds is 14. The number of pyridine rings is 1. The number of esters is 2. The summed E-state index contributed by atoms with van der Waals surface area (Å²) in [5.74, 6) is -2.01. The Morgan fingerprint density at radius 2 is 1.79 bits per heavy atom. The van der Waals surface area contributed by atoms with Crippen molar-refractivity contribution < 1.29 is 62.9 Å². The zero-order valence-electron chi connectivity index (χ0n) is 38.3. The first kappa shape index (κ1) is 51.5. The van der Waals surface area contributed by atoms with Crippen molar-refractivity contribution in [2.24, 2.45) is 17.8 Å². The highest BCUT2D eigenvalue weighted by molar-refractivity contribution is 5.91. The lowest BCUT2D eigenvalue weighted by molar-refractivity contribution is -0.344.